The summed E-state index contributed by atoms with van der Waals surface area (Å²) in [6.45, 7) is 0. The van der Waals surface area contributed by atoms with Crippen LogP contribution in [0.4, 0.5) is 5.69 Å². The quantitative estimate of drug-likeness (QED) is 0.668. The van der Waals surface area contributed by atoms with Crippen LogP contribution in [0.3, 0.4) is 0 Å². The predicted molar refractivity (Wildman–Crippen MR) is 69.7 cm³/mol. The molecule has 82 valence electrons. The Kier molecular flexibility index (Phi) is 3.70. The van der Waals surface area contributed by atoms with Gasteiger partial charge < -0.3 is 5.73 Å². The number of nitrogen functional groups attached to an aromatic ring is 1. The summed E-state index contributed by atoms with van der Waals surface area (Å²) in [5.41, 5.74) is 7.62. The van der Waals surface area contributed by atoms with Gasteiger partial charge in [0.15, 0.2) is 0 Å². The monoisotopic (exact) mass is 250 g/mol. The van der Waals surface area contributed by atoms with Crippen molar-refractivity contribution in [3.63, 3.8) is 0 Å². The Hall–Kier alpha value is -1.19. The Morgan fingerprint density at radius 2 is 2.12 bits per heavy atom. The largest absolute Gasteiger partial charge is 0.398 e. The number of nitrogens with two attached hydrogens (primary N) is 1. The van der Waals surface area contributed by atoms with Gasteiger partial charge in [-0.1, -0.05) is 17.7 Å². The minimum atomic E-state index is 0.666. The molecule has 1 aromatic carbocycles. The third-order valence-electron chi connectivity index (χ3n) is 2.07. The van der Waals surface area contributed by atoms with Crippen LogP contribution in [0.1, 0.15) is 5.69 Å². The molecular weight excluding hydrogens is 240 g/mol. The van der Waals surface area contributed by atoms with Gasteiger partial charge in [-0.05, 0) is 30.3 Å². The van der Waals surface area contributed by atoms with Crippen molar-refractivity contribution in [2.45, 2.75) is 10.6 Å². The minimum absolute atomic E-state index is 0.666. The van der Waals surface area contributed by atoms with Gasteiger partial charge in [0.2, 0.25) is 0 Å². The van der Waals surface area contributed by atoms with E-state index in [2.05, 4.69) is 4.98 Å². The fraction of sp³-hybridized carbons (Fsp3) is 0.0833. The molecule has 0 amide bonds. The molecular formula is C12H11ClN2S. The first-order chi connectivity index (χ1) is 7.75. The van der Waals surface area contributed by atoms with Gasteiger partial charge in [-0.25, -0.2) is 0 Å². The van der Waals surface area contributed by atoms with E-state index in [4.69, 9.17) is 17.3 Å². The number of thioether (sulfide) groups is 1. The van der Waals surface area contributed by atoms with Crippen molar-refractivity contribution < 1.29 is 0 Å². The topological polar surface area (TPSA) is 38.9 Å². The maximum atomic E-state index is 5.86. The van der Waals surface area contributed by atoms with Crippen LogP contribution in [0, 0.1) is 0 Å². The van der Waals surface area contributed by atoms with E-state index in [9.17, 15) is 0 Å². The third-order valence-corrected chi connectivity index (χ3v) is 3.43. The van der Waals surface area contributed by atoms with Crippen molar-refractivity contribution in [2.24, 2.45) is 0 Å². The lowest BCUT2D eigenvalue weighted by atomic mass is 10.3. The first-order valence-electron chi connectivity index (χ1n) is 4.83. The Balaban J connectivity index is 2.05. The molecule has 0 aliphatic heterocycles. The summed E-state index contributed by atoms with van der Waals surface area (Å²) in [4.78, 5) is 5.29. The van der Waals surface area contributed by atoms with Crippen LogP contribution in [-0.2, 0) is 5.75 Å². The molecule has 4 heteroatoms. The molecule has 0 saturated carbocycles. The SMILES string of the molecule is Nc1cc(Cl)ccc1SCc1ccccn1. The summed E-state index contributed by atoms with van der Waals surface area (Å²) in [7, 11) is 0. The molecule has 1 aromatic heterocycles. The molecule has 0 aliphatic rings. The molecule has 0 atom stereocenters. The second-order valence-electron chi connectivity index (χ2n) is 3.29. The maximum absolute atomic E-state index is 5.86. The molecule has 0 radical (unpaired) electrons. The Bertz CT molecular complexity index is 474. The first-order valence-corrected chi connectivity index (χ1v) is 6.20. The number of hydrogen-bond acceptors (Lipinski definition) is 3. The molecule has 0 saturated heterocycles. The zero-order valence-corrected chi connectivity index (χ0v) is 10.1. The number of rotatable bonds is 3. The smallest absolute Gasteiger partial charge is 0.0506 e. The Morgan fingerprint density at radius 3 is 2.81 bits per heavy atom. The number of aromatic nitrogens is 1. The molecule has 0 bridgehead atoms. The highest BCUT2D eigenvalue weighted by atomic mass is 35.5. The van der Waals surface area contributed by atoms with Crippen LogP contribution in [0.2, 0.25) is 5.02 Å². The predicted octanol–water partition coefficient (Wildman–Crippen LogP) is 3.61. The molecule has 2 nitrogen and oxygen atoms in total. The lowest BCUT2D eigenvalue weighted by Gasteiger charge is -2.05. The van der Waals surface area contributed by atoms with Gasteiger partial charge in [0, 0.05) is 27.6 Å². The van der Waals surface area contributed by atoms with Gasteiger partial charge in [0.25, 0.3) is 0 Å². The summed E-state index contributed by atoms with van der Waals surface area (Å²) in [5, 5.41) is 0.666. The zero-order chi connectivity index (χ0) is 11.4. The molecule has 0 fully saturated rings. The Morgan fingerprint density at radius 1 is 1.25 bits per heavy atom. The van der Waals surface area contributed by atoms with Crippen LogP contribution < -0.4 is 5.73 Å². The van der Waals surface area contributed by atoms with Crippen molar-refractivity contribution in [3.05, 3.63) is 53.3 Å². The molecule has 16 heavy (non-hydrogen) atoms. The van der Waals surface area contributed by atoms with E-state index < -0.39 is 0 Å². The highest BCUT2D eigenvalue weighted by Crippen LogP contribution is 2.29. The minimum Gasteiger partial charge on any atom is -0.398 e. The van der Waals surface area contributed by atoms with Crippen LogP contribution in [0.5, 0.6) is 0 Å². The summed E-state index contributed by atoms with van der Waals surface area (Å²) in [5.74, 6) is 0.812. The lowest BCUT2D eigenvalue weighted by molar-refractivity contribution is 1.17. The van der Waals surface area contributed by atoms with E-state index in [1.54, 1.807) is 24.0 Å². The second kappa shape index (κ2) is 5.23. The van der Waals surface area contributed by atoms with Gasteiger partial charge in [-0.3, -0.25) is 4.98 Å². The molecule has 0 spiro atoms. The lowest BCUT2D eigenvalue weighted by Crippen LogP contribution is -1.90. The molecule has 1 heterocycles. The third kappa shape index (κ3) is 2.90. The normalized spacial score (nSPS) is 10.3. The van der Waals surface area contributed by atoms with E-state index in [-0.39, 0.29) is 0 Å². The van der Waals surface area contributed by atoms with Crippen LogP contribution >= 0.6 is 23.4 Å². The number of halogens is 1. The van der Waals surface area contributed by atoms with Crippen molar-refractivity contribution >= 4 is 29.1 Å². The molecule has 2 N–H and O–H groups in total. The van der Waals surface area contributed by atoms with Gasteiger partial charge >= 0.3 is 0 Å². The van der Waals surface area contributed by atoms with E-state index in [1.165, 1.54) is 0 Å². The molecule has 2 aromatic rings. The molecule has 0 unspecified atom stereocenters. The van der Waals surface area contributed by atoms with E-state index in [1.807, 2.05) is 30.3 Å². The van der Waals surface area contributed by atoms with Crippen LogP contribution in [0.15, 0.2) is 47.5 Å². The average molecular weight is 251 g/mol. The summed E-state index contributed by atoms with van der Waals surface area (Å²) >= 11 is 7.50. The highest BCUT2D eigenvalue weighted by molar-refractivity contribution is 7.98. The van der Waals surface area contributed by atoms with Crippen molar-refractivity contribution in [3.8, 4) is 0 Å². The van der Waals surface area contributed by atoms with E-state index in [0.29, 0.717) is 10.7 Å². The van der Waals surface area contributed by atoms with Gasteiger partial charge in [0.05, 0.1) is 5.69 Å². The van der Waals surface area contributed by atoms with Crippen molar-refractivity contribution in [2.75, 3.05) is 5.73 Å². The zero-order valence-electron chi connectivity index (χ0n) is 8.56. The van der Waals surface area contributed by atoms with Gasteiger partial charge in [0.1, 0.15) is 0 Å². The van der Waals surface area contributed by atoms with Crippen LogP contribution in [0.25, 0.3) is 0 Å². The van der Waals surface area contributed by atoms with Crippen LogP contribution in [-0.4, -0.2) is 4.98 Å². The number of anilines is 1. The number of hydrogen-bond donors (Lipinski definition) is 1. The number of nitrogens with zero attached hydrogens (tertiary/aromatic N) is 1. The van der Waals surface area contributed by atoms with E-state index >= 15 is 0 Å². The fourth-order valence-electron chi connectivity index (χ4n) is 1.29. The highest BCUT2D eigenvalue weighted by Gasteiger charge is 2.01. The standard InChI is InChI=1S/C12H11ClN2S/c13-9-4-5-12(11(14)7-9)16-8-10-3-1-2-6-15-10/h1-7H,8,14H2. The summed E-state index contributed by atoms with van der Waals surface area (Å²) in [6, 6.07) is 11.4. The average Bonchev–Trinajstić information content (AvgIpc) is 2.29. The first kappa shape index (κ1) is 11.3. The summed E-state index contributed by atoms with van der Waals surface area (Å²) < 4.78 is 0. The number of pyridine rings is 1. The maximum Gasteiger partial charge on any atom is 0.0506 e. The van der Waals surface area contributed by atoms with Crippen molar-refractivity contribution in [1.29, 1.82) is 0 Å². The van der Waals surface area contributed by atoms with E-state index in [0.717, 1.165) is 16.3 Å². The summed E-state index contributed by atoms with van der Waals surface area (Å²) in [6.07, 6.45) is 1.79. The Labute approximate surface area is 104 Å². The molecule has 2 rings (SSSR count). The van der Waals surface area contributed by atoms with Gasteiger partial charge in [-0.2, -0.15) is 0 Å². The fourth-order valence-corrected chi connectivity index (χ4v) is 2.33. The van der Waals surface area contributed by atoms with Gasteiger partial charge in [-0.15, -0.1) is 11.8 Å². The van der Waals surface area contributed by atoms with Crippen molar-refractivity contribution in [1.82, 2.24) is 4.98 Å². The number of benzene rings is 1. The molecule has 0 aliphatic carbocycles. The second-order valence-corrected chi connectivity index (χ2v) is 4.75.